The van der Waals surface area contributed by atoms with Crippen molar-refractivity contribution in [2.24, 2.45) is 11.7 Å². The largest absolute Gasteiger partial charge is 0.468 e. The van der Waals surface area contributed by atoms with Crippen LogP contribution in [-0.2, 0) is 4.79 Å². The molecule has 0 bridgehead atoms. The molecule has 1 heterocycles. The third-order valence-electron chi connectivity index (χ3n) is 4.44. The Bertz CT molecular complexity index is 458. The van der Waals surface area contributed by atoms with Crippen LogP contribution in [0.3, 0.4) is 0 Å². The summed E-state index contributed by atoms with van der Waals surface area (Å²) >= 11 is 0. The molecule has 0 radical (unpaired) electrons. The summed E-state index contributed by atoms with van der Waals surface area (Å²) in [4.78, 5) is 14.5. The Morgan fingerprint density at radius 3 is 2.95 bits per heavy atom. The molecule has 0 spiro atoms. The van der Waals surface area contributed by atoms with Crippen LogP contribution in [0.15, 0.2) is 22.8 Å². The Labute approximate surface area is 126 Å². The molecule has 1 amide bonds. The third kappa shape index (κ3) is 3.86. The molecule has 2 rings (SSSR count). The molecule has 21 heavy (non-hydrogen) atoms. The molecule has 0 aliphatic heterocycles. The number of carbonyl (C=O) groups is 1. The van der Waals surface area contributed by atoms with Crippen molar-refractivity contribution in [3.8, 4) is 0 Å². The van der Waals surface area contributed by atoms with E-state index in [9.17, 15) is 4.79 Å². The van der Waals surface area contributed by atoms with E-state index in [2.05, 4.69) is 12.2 Å². The van der Waals surface area contributed by atoms with Crippen molar-refractivity contribution in [2.45, 2.75) is 44.2 Å². The second kappa shape index (κ2) is 6.62. The molecular weight excluding hydrogens is 266 g/mol. The number of amides is 1. The topological polar surface area (TPSA) is 71.5 Å². The lowest BCUT2D eigenvalue weighted by Crippen LogP contribution is -2.57. The van der Waals surface area contributed by atoms with E-state index in [1.807, 2.05) is 31.1 Å². The molecule has 1 saturated carbocycles. The van der Waals surface area contributed by atoms with Gasteiger partial charge in [0.15, 0.2) is 0 Å². The summed E-state index contributed by atoms with van der Waals surface area (Å²) in [7, 11) is 3.94. The molecule has 118 valence electrons. The van der Waals surface area contributed by atoms with Gasteiger partial charge >= 0.3 is 0 Å². The van der Waals surface area contributed by atoms with Crippen LogP contribution < -0.4 is 11.1 Å². The van der Waals surface area contributed by atoms with Crippen molar-refractivity contribution in [3.05, 3.63) is 24.2 Å². The van der Waals surface area contributed by atoms with Crippen molar-refractivity contribution in [2.75, 3.05) is 20.6 Å². The molecule has 1 aliphatic carbocycles. The second-order valence-corrected chi connectivity index (χ2v) is 6.56. The van der Waals surface area contributed by atoms with E-state index >= 15 is 0 Å². The van der Waals surface area contributed by atoms with Crippen molar-refractivity contribution in [1.82, 2.24) is 10.2 Å². The van der Waals surface area contributed by atoms with Crippen LogP contribution in [0.2, 0.25) is 0 Å². The number of nitrogens with two attached hydrogens (primary N) is 1. The van der Waals surface area contributed by atoms with Gasteiger partial charge in [0.1, 0.15) is 5.76 Å². The highest BCUT2D eigenvalue weighted by molar-refractivity contribution is 5.86. The summed E-state index contributed by atoms with van der Waals surface area (Å²) < 4.78 is 5.45. The molecule has 5 heteroatoms. The lowest BCUT2D eigenvalue weighted by atomic mass is 9.76. The SMILES string of the molecule is CC1CCCC(N)(C(=O)NCC(c2ccco2)N(C)C)C1. The van der Waals surface area contributed by atoms with Gasteiger partial charge < -0.3 is 15.5 Å². The molecule has 1 aromatic rings. The fraction of sp³-hybridized carbons (Fsp3) is 0.688. The average Bonchev–Trinajstić information content (AvgIpc) is 2.92. The minimum Gasteiger partial charge on any atom is -0.468 e. The number of furan rings is 1. The highest BCUT2D eigenvalue weighted by atomic mass is 16.3. The van der Waals surface area contributed by atoms with Crippen LogP contribution in [0, 0.1) is 5.92 Å². The smallest absolute Gasteiger partial charge is 0.240 e. The summed E-state index contributed by atoms with van der Waals surface area (Å²) in [5.74, 6) is 1.33. The van der Waals surface area contributed by atoms with Gasteiger partial charge in [0.2, 0.25) is 5.91 Å². The number of nitrogens with zero attached hydrogens (tertiary/aromatic N) is 1. The van der Waals surface area contributed by atoms with Gasteiger partial charge in [-0.25, -0.2) is 0 Å². The normalized spacial score (nSPS) is 27.6. The number of rotatable bonds is 5. The number of likely N-dealkylation sites (N-methyl/N-ethyl adjacent to an activating group) is 1. The summed E-state index contributed by atoms with van der Waals surface area (Å²) in [6.45, 7) is 2.67. The minimum absolute atomic E-state index is 0.0218. The summed E-state index contributed by atoms with van der Waals surface area (Å²) in [6, 6.07) is 3.81. The molecule has 5 nitrogen and oxygen atoms in total. The van der Waals surface area contributed by atoms with Crippen LogP contribution in [0.25, 0.3) is 0 Å². The molecule has 3 unspecified atom stereocenters. The van der Waals surface area contributed by atoms with E-state index in [1.165, 1.54) is 6.42 Å². The van der Waals surface area contributed by atoms with E-state index in [0.29, 0.717) is 12.5 Å². The molecule has 0 saturated heterocycles. The van der Waals surface area contributed by atoms with Crippen molar-refractivity contribution in [3.63, 3.8) is 0 Å². The molecule has 0 aromatic carbocycles. The Balaban J connectivity index is 1.96. The monoisotopic (exact) mass is 293 g/mol. The van der Waals surface area contributed by atoms with Crippen LogP contribution in [-0.4, -0.2) is 37.0 Å². The maximum atomic E-state index is 12.5. The first-order chi connectivity index (χ1) is 9.92. The Morgan fingerprint density at radius 2 is 2.38 bits per heavy atom. The third-order valence-corrected chi connectivity index (χ3v) is 4.44. The zero-order chi connectivity index (χ0) is 15.5. The highest BCUT2D eigenvalue weighted by Crippen LogP contribution is 2.30. The molecule has 1 aliphatic rings. The summed E-state index contributed by atoms with van der Waals surface area (Å²) in [5, 5.41) is 3.02. The Hall–Kier alpha value is -1.33. The first-order valence-electron chi connectivity index (χ1n) is 7.69. The lowest BCUT2D eigenvalue weighted by Gasteiger charge is -2.36. The van der Waals surface area contributed by atoms with Gasteiger partial charge in [-0.3, -0.25) is 9.69 Å². The maximum Gasteiger partial charge on any atom is 0.240 e. The summed E-state index contributed by atoms with van der Waals surface area (Å²) in [6.07, 6.45) is 5.39. The maximum absolute atomic E-state index is 12.5. The van der Waals surface area contributed by atoms with Gasteiger partial charge in [-0.2, -0.15) is 0 Å². The van der Waals surface area contributed by atoms with Crippen LogP contribution in [0.5, 0.6) is 0 Å². The van der Waals surface area contributed by atoms with Crippen LogP contribution in [0.4, 0.5) is 0 Å². The second-order valence-electron chi connectivity index (χ2n) is 6.56. The first kappa shape index (κ1) is 16.0. The average molecular weight is 293 g/mol. The Kier molecular flexibility index (Phi) is 5.06. The van der Waals surface area contributed by atoms with Crippen molar-refractivity contribution >= 4 is 5.91 Å². The van der Waals surface area contributed by atoms with Gasteiger partial charge in [0.05, 0.1) is 17.8 Å². The van der Waals surface area contributed by atoms with Crippen molar-refractivity contribution < 1.29 is 9.21 Å². The number of hydrogen-bond acceptors (Lipinski definition) is 4. The summed E-state index contributed by atoms with van der Waals surface area (Å²) in [5.41, 5.74) is 5.61. The van der Waals surface area contributed by atoms with Gasteiger partial charge in [0, 0.05) is 6.54 Å². The minimum atomic E-state index is -0.711. The van der Waals surface area contributed by atoms with Crippen LogP contribution >= 0.6 is 0 Å². The molecular formula is C16H27N3O2. The van der Waals surface area contributed by atoms with E-state index in [0.717, 1.165) is 25.0 Å². The predicted octanol–water partition coefficient (Wildman–Crippen LogP) is 1.91. The van der Waals surface area contributed by atoms with Crippen LogP contribution in [0.1, 0.15) is 44.4 Å². The molecule has 3 N–H and O–H groups in total. The molecule has 1 aromatic heterocycles. The predicted molar refractivity (Wildman–Crippen MR) is 82.7 cm³/mol. The zero-order valence-corrected chi connectivity index (χ0v) is 13.3. The quantitative estimate of drug-likeness (QED) is 0.870. The highest BCUT2D eigenvalue weighted by Gasteiger charge is 2.38. The fourth-order valence-corrected chi connectivity index (χ4v) is 3.18. The fourth-order valence-electron chi connectivity index (χ4n) is 3.18. The van der Waals surface area contributed by atoms with E-state index in [-0.39, 0.29) is 11.9 Å². The lowest BCUT2D eigenvalue weighted by molar-refractivity contribution is -0.128. The van der Waals surface area contributed by atoms with Gasteiger partial charge in [-0.15, -0.1) is 0 Å². The van der Waals surface area contributed by atoms with Gasteiger partial charge in [0.25, 0.3) is 0 Å². The molecule has 3 atom stereocenters. The van der Waals surface area contributed by atoms with Gasteiger partial charge in [-0.1, -0.05) is 19.8 Å². The standard InChI is InChI=1S/C16H27N3O2/c1-12-6-4-8-16(17,10-12)15(20)18-11-13(19(2)3)14-7-5-9-21-14/h5,7,9,12-13H,4,6,8,10-11,17H2,1-3H3,(H,18,20). The molecule has 1 fully saturated rings. The van der Waals surface area contributed by atoms with Gasteiger partial charge in [-0.05, 0) is 45.0 Å². The first-order valence-corrected chi connectivity index (χ1v) is 7.69. The van der Waals surface area contributed by atoms with E-state index < -0.39 is 5.54 Å². The van der Waals surface area contributed by atoms with Crippen molar-refractivity contribution in [1.29, 1.82) is 0 Å². The van der Waals surface area contributed by atoms with E-state index in [4.69, 9.17) is 10.2 Å². The number of carbonyl (C=O) groups excluding carboxylic acids is 1. The number of nitrogens with one attached hydrogen (secondary N) is 1. The zero-order valence-electron chi connectivity index (χ0n) is 13.3. The Morgan fingerprint density at radius 1 is 1.62 bits per heavy atom. The number of hydrogen-bond donors (Lipinski definition) is 2. The van der Waals surface area contributed by atoms with E-state index in [1.54, 1.807) is 6.26 Å².